The molecule has 0 atom stereocenters. The molecule has 4 nitrogen and oxygen atoms in total. The van der Waals surface area contributed by atoms with Gasteiger partial charge in [0.15, 0.2) is 0 Å². The number of carbonyl (C=O) groups is 1. The Hall–Kier alpha value is -2.84. The van der Waals surface area contributed by atoms with E-state index in [1.165, 1.54) is 24.3 Å². The smallest absolute Gasteiger partial charge is 0.266 e. The number of hydrogen-bond donors (Lipinski definition) is 1. The summed E-state index contributed by atoms with van der Waals surface area (Å²) in [5.41, 5.74) is 0.360. The second-order valence-electron chi connectivity index (χ2n) is 4.76. The first-order valence-corrected chi connectivity index (χ1v) is 7.52. The predicted octanol–water partition coefficient (Wildman–Crippen LogP) is 4.42. The first-order valence-electron chi connectivity index (χ1n) is 7.14. The molecule has 0 heterocycles. The quantitative estimate of drug-likeness (QED) is 0.645. The zero-order valence-corrected chi connectivity index (χ0v) is 13.6. The summed E-state index contributed by atoms with van der Waals surface area (Å²) in [6.07, 6.45) is 1.37. The van der Waals surface area contributed by atoms with Crippen LogP contribution in [0.3, 0.4) is 0 Å². The topological polar surface area (TPSA) is 62.1 Å². The van der Waals surface area contributed by atoms with E-state index in [-0.39, 0.29) is 11.3 Å². The van der Waals surface area contributed by atoms with Crippen LogP contribution in [0.4, 0.5) is 10.1 Å². The van der Waals surface area contributed by atoms with E-state index in [2.05, 4.69) is 5.32 Å². The van der Waals surface area contributed by atoms with Crippen molar-refractivity contribution in [3.8, 4) is 11.8 Å². The minimum Gasteiger partial charge on any atom is -0.494 e. The van der Waals surface area contributed by atoms with Gasteiger partial charge in [0.1, 0.15) is 23.2 Å². The molecule has 0 bridgehead atoms. The van der Waals surface area contributed by atoms with Crippen LogP contribution in [-0.4, -0.2) is 12.5 Å². The fraction of sp³-hybridized carbons (Fsp3) is 0.111. The Morgan fingerprint density at radius 2 is 2.12 bits per heavy atom. The normalized spacial score (nSPS) is 10.8. The Morgan fingerprint density at radius 3 is 2.79 bits per heavy atom. The van der Waals surface area contributed by atoms with Crippen LogP contribution in [0.1, 0.15) is 12.5 Å². The van der Waals surface area contributed by atoms with Gasteiger partial charge in [-0.05, 0) is 48.9 Å². The van der Waals surface area contributed by atoms with Gasteiger partial charge in [-0.25, -0.2) is 4.39 Å². The second kappa shape index (κ2) is 8.14. The third-order valence-corrected chi connectivity index (χ3v) is 3.22. The van der Waals surface area contributed by atoms with Crippen LogP contribution in [-0.2, 0) is 4.79 Å². The van der Waals surface area contributed by atoms with E-state index < -0.39 is 11.7 Å². The number of nitriles is 1. The monoisotopic (exact) mass is 344 g/mol. The lowest BCUT2D eigenvalue weighted by Gasteiger charge is -2.07. The highest BCUT2D eigenvalue weighted by molar-refractivity contribution is 6.30. The second-order valence-corrected chi connectivity index (χ2v) is 5.19. The Kier molecular flexibility index (Phi) is 5.94. The summed E-state index contributed by atoms with van der Waals surface area (Å²) in [7, 11) is 0. The number of rotatable bonds is 5. The van der Waals surface area contributed by atoms with E-state index in [1.807, 2.05) is 6.92 Å². The summed E-state index contributed by atoms with van der Waals surface area (Å²) in [6.45, 7) is 2.29. The van der Waals surface area contributed by atoms with Crippen LogP contribution < -0.4 is 10.1 Å². The van der Waals surface area contributed by atoms with Gasteiger partial charge in [-0.1, -0.05) is 23.7 Å². The Labute approximate surface area is 144 Å². The summed E-state index contributed by atoms with van der Waals surface area (Å²) in [5, 5.41) is 12.0. The number of carbonyl (C=O) groups excluding carboxylic acids is 1. The highest BCUT2D eigenvalue weighted by Gasteiger charge is 2.12. The van der Waals surface area contributed by atoms with Crippen molar-refractivity contribution < 1.29 is 13.9 Å². The van der Waals surface area contributed by atoms with Crippen molar-refractivity contribution in [3.63, 3.8) is 0 Å². The molecule has 2 aromatic rings. The third kappa shape index (κ3) is 4.58. The van der Waals surface area contributed by atoms with Crippen LogP contribution in [0.2, 0.25) is 5.02 Å². The van der Waals surface area contributed by atoms with Gasteiger partial charge >= 0.3 is 0 Å². The third-order valence-electron chi connectivity index (χ3n) is 3.00. The molecule has 0 unspecified atom stereocenters. The number of nitrogens with zero attached hydrogens (tertiary/aromatic N) is 1. The van der Waals surface area contributed by atoms with Crippen LogP contribution in [0.25, 0.3) is 6.08 Å². The summed E-state index contributed by atoms with van der Waals surface area (Å²) in [6, 6.07) is 12.4. The molecule has 1 amide bonds. The van der Waals surface area contributed by atoms with Gasteiger partial charge in [0.2, 0.25) is 0 Å². The van der Waals surface area contributed by atoms with Gasteiger partial charge in [0, 0.05) is 5.02 Å². The zero-order chi connectivity index (χ0) is 17.5. The van der Waals surface area contributed by atoms with Gasteiger partial charge in [0.25, 0.3) is 5.91 Å². The summed E-state index contributed by atoms with van der Waals surface area (Å²) in [5.74, 6) is -0.756. The number of para-hydroxylation sites is 1. The molecule has 0 radical (unpaired) electrons. The maximum Gasteiger partial charge on any atom is 0.266 e. The van der Waals surface area contributed by atoms with E-state index in [0.29, 0.717) is 22.9 Å². The molecule has 0 aliphatic carbocycles. The maximum absolute atomic E-state index is 13.6. The molecule has 0 aliphatic rings. The predicted molar refractivity (Wildman–Crippen MR) is 91.2 cm³/mol. The average molecular weight is 345 g/mol. The average Bonchev–Trinajstić information content (AvgIpc) is 2.54. The van der Waals surface area contributed by atoms with Gasteiger partial charge in [-0.15, -0.1) is 0 Å². The molecule has 0 aromatic heterocycles. The highest BCUT2D eigenvalue weighted by atomic mass is 35.5. The molecule has 1 N–H and O–H groups in total. The van der Waals surface area contributed by atoms with Crippen LogP contribution in [0, 0.1) is 17.1 Å². The molecule has 2 rings (SSSR count). The van der Waals surface area contributed by atoms with Gasteiger partial charge in [-0.2, -0.15) is 5.26 Å². The van der Waals surface area contributed by atoms with E-state index in [9.17, 15) is 14.4 Å². The fourth-order valence-corrected chi connectivity index (χ4v) is 2.22. The number of benzene rings is 2. The molecule has 2 aromatic carbocycles. The van der Waals surface area contributed by atoms with Gasteiger partial charge < -0.3 is 10.1 Å². The number of amides is 1. The molecule has 24 heavy (non-hydrogen) atoms. The maximum atomic E-state index is 13.6. The number of hydrogen-bond acceptors (Lipinski definition) is 3. The standard InChI is InChI=1S/C18H14ClFN2O2/c1-2-24-15-9-12(8-14(19)10-15)7-13(11-21)18(23)22-17-6-4-3-5-16(17)20/h3-10H,2H2,1H3,(H,22,23)/b13-7+. The Morgan fingerprint density at radius 1 is 1.38 bits per heavy atom. The van der Waals surface area contributed by atoms with Crippen molar-refractivity contribution >= 4 is 29.3 Å². The fourth-order valence-electron chi connectivity index (χ4n) is 1.99. The summed E-state index contributed by atoms with van der Waals surface area (Å²) >= 11 is 6.00. The number of nitrogens with one attached hydrogen (secondary N) is 1. The van der Waals surface area contributed by atoms with Crippen LogP contribution >= 0.6 is 11.6 Å². The number of halogens is 2. The summed E-state index contributed by atoms with van der Waals surface area (Å²) in [4.78, 5) is 12.2. The number of ether oxygens (including phenoxy) is 1. The first kappa shape index (κ1) is 17.5. The van der Waals surface area contributed by atoms with Crippen molar-refractivity contribution in [1.29, 1.82) is 5.26 Å². The first-order chi connectivity index (χ1) is 11.5. The lowest BCUT2D eigenvalue weighted by atomic mass is 10.1. The van der Waals surface area contributed by atoms with Crippen molar-refractivity contribution in [3.05, 3.63) is 64.4 Å². The number of anilines is 1. The molecule has 0 spiro atoms. The molecule has 0 saturated carbocycles. The van der Waals surface area contributed by atoms with E-state index in [4.69, 9.17) is 16.3 Å². The van der Waals surface area contributed by atoms with Gasteiger partial charge in [0.05, 0.1) is 12.3 Å². The van der Waals surface area contributed by atoms with Crippen molar-refractivity contribution in [2.75, 3.05) is 11.9 Å². The van der Waals surface area contributed by atoms with Crippen molar-refractivity contribution in [2.45, 2.75) is 6.92 Å². The molecular formula is C18H14ClFN2O2. The zero-order valence-electron chi connectivity index (χ0n) is 12.8. The van der Waals surface area contributed by atoms with Crippen molar-refractivity contribution in [1.82, 2.24) is 0 Å². The highest BCUT2D eigenvalue weighted by Crippen LogP contribution is 2.23. The molecular weight excluding hydrogens is 331 g/mol. The van der Waals surface area contributed by atoms with Crippen LogP contribution in [0.15, 0.2) is 48.0 Å². The molecule has 0 fully saturated rings. The van der Waals surface area contributed by atoms with E-state index >= 15 is 0 Å². The minimum absolute atomic E-state index is 0.00440. The molecule has 6 heteroatoms. The Bertz CT molecular complexity index is 828. The van der Waals surface area contributed by atoms with Gasteiger partial charge in [-0.3, -0.25) is 4.79 Å². The minimum atomic E-state index is -0.708. The SMILES string of the molecule is CCOc1cc(Cl)cc(/C=C(\C#N)C(=O)Nc2ccccc2F)c1. The largest absolute Gasteiger partial charge is 0.494 e. The van der Waals surface area contributed by atoms with Crippen molar-refractivity contribution in [2.24, 2.45) is 0 Å². The van der Waals surface area contributed by atoms with E-state index in [1.54, 1.807) is 30.3 Å². The van der Waals surface area contributed by atoms with E-state index in [0.717, 1.165) is 0 Å². The lowest BCUT2D eigenvalue weighted by molar-refractivity contribution is -0.112. The summed E-state index contributed by atoms with van der Waals surface area (Å²) < 4.78 is 19.0. The molecule has 122 valence electrons. The molecule has 0 aliphatic heterocycles. The molecule has 0 saturated heterocycles. The Balaban J connectivity index is 2.27. The lowest BCUT2D eigenvalue weighted by Crippen LogP contribution is -2.14. The van der Waals surface area contributed by atoms with Crippen LogP contribution in [0.5, 0.6) is 5.75 Å².